The lowest BCUT2D eigenvalue weighted by atomic mass is 9.55. The lowest BCUT2D eigenvalue weighted by Crippen LogP contribution is -2.64. The first-order chi connectivity index (χ1) is 19.3. The Bertz CT molecular complexity index is 1710. The molecule has 0 radical (unpaired) electrons. The number of likely N-dealkylation sites (tertiary alicyclic amines) is 2. The van der Waals surface area contributed by atoms with Crippen LogP contribution in [0.25, 0.3) is 16.8 Å². The number of aryl methyl sites for hydroxylation is 2. The monoisotopic (exact) mass is 526 g/mol. The molecular formula is C36H34N2O2. The first-order valence-corrected chi connectivity index (χ1v) is 14.1. The fourth-order valence-corrected chi connectivity index (χ4v) is 8.04. The molecule has 0 N–H and O–H groups in total. The molecule has 0 unspecified atom stereocenters. The van der Waals surface area contributed by atoms with Crippen molar-refractivity contribution in [1.29, 1.82) is 0 Å². The summed E-state index contributed by atoms with van der Waals surface area (Å²) in [6, 6.07) is 29.1. The number of rotatable bonds is 2. The average Bonchev–Trinajstić information content (AvgIpc) is 3.36. The maximum absolute atomic E-state index is 15.3. The van der Waals surface area contributed by atoms with Crippen molar-refractivity contribution in [3.05, 3.63) is 124 Å². The number of Topliss-reactive ketones (excluding diaryl/α,β-unsaturated/α-hetero) is 2. The molecule has 7 rings (SSSR count). The molecule has 4 aromatic carbocycles. The summed E-state index contributed by atoms with van der Waals surface area (Å²) < 4.78 is 0. The van der Waals surface area contributed by atoms with Gasteiger partial charge in [0.25, 0.3) is 0 Å². The van der Waals surface area contributed by atoms with Crippen LogP contribution in [0.15, 0.2) is 90.5 Å². The minimum atomic E-state index is -1.09. The van der Waals surface area contributed by atoms with Crippen molar-refractivity contribution in [3.8, 4) is 0 Å². The van der Waals surface area contributed by atoms with Crippen LogP contribution < -0.4 is 0 Å². The molecule has 0 bridgehead atoms. The Morgan fingerprint density at radius 1 is 0.800 bits per heavy atom. The number of benzene rings is 4. The molecule has 0 saturated carbocycles. The van der Waals surface area contributed by atoms with Gasteiger partial charge in [0, 0.05) is 36.7 Å². The second kappa shape index (κ2) is 8.82. The molecule has 2 saturated heterocycles. The van der Waals surface area contributed by atoms with E-state index in [-0.39, 0.29) is 17.5 Å². The predicted molar refractivity (Wildman–Crippen MR) is 161 cm³/mol. The standard InChI is InChI=1S/C36H34N2O2/c1-23-11-15-25(16-12-23)19-28-20-37(3)22-35(33(28)39)31(26-17-13-24(2)14-18-26)21-38(4)36(35)30-10-6-8-27-7-5-9-29(32(27)30)34(36)40/h5-19,31H,20-22H2,1-4H3/b28-19+/t31-,35+,36+/m1/s1. The predicted octanol–water partition coefficient (Wildman–Crippen LogP) is 6.16. The van der Waals surface area contributed by atoms with Crippen molar-refractivity contribution in [2.75, 3.05) is 33.7 Å². The summed E-state index contributed by atoms with van der Waals surface area (Å²) in [5, 5.41) is 2.05. The molecule has 0 aromatic heterocycles. The van der Waals surface area contributed by atoms with Crippen molar-refractivity contribution >= 4 is 28.4 Å². The van der Waals surface area contributed by atoms with E-state index in [1.807, 2.05) is 31.3 Å². The maximum Gasteiger partial charge on any atom is 0.189 e. The molecule has 4 nitrogen and oxygen atoms in total. The second-order valence-electron chi connectivity index (χ2n) is 12.1. The normalized spacial score (nSPS) is 27.6. The van der Waals surface area contributed by atoms with Gasteiger partial charge >= 0.3 is 0 Å². The van der Waals surface area contributed by atoms with Crippen LogP contribution in [0, 0.1) is 19.3 Å². The minimum absolute atomic E-state index is 0.0507. The first kappa shape index (κ1) is 25.1. The number of carbonyl (C=O) groups excluding carboxylic acids is 2. The van der Waals surface area contributed by atoms with Crippen LogP contribution in [0.5, 0.6) is 0 Å². The molecule has 2 aliphatic heterocycles. The van der Waals surface area contributed by atoms with Gasteiger partial charge in [-0.1, -0.05) is 96.1 Å². The van der Waals surface area contributed by atoms with Crippen LogP contribution in [0.1, 0.15) is 44.1 Å². The summed E-state index contributed by atoms with van der Waals surface area (Å²) in [5.41, 5.74) is 4.87. The van der Waals surface area contributed by atoms with Gasteiger partial charge in [0.2, 0.25) is 0 Å². The molecule has 4 heteroatoms. The molecular weight excluding hydrogens is 492 g/mol. The zero-order chi connectivity index (χ0) is 27.8. The van der Waals surface area contributed by atoms with Gasteiger partial charge in [-0.3, -0.25) is 14.5 Å². The summed E-state index contributed by atoms with van der Waals surface area (Å²) in [4.78, 5) is 34.7. The molecule has 1 aliphatic carbocycles. The minimum Gasteiger partial charge on any atom is -0.301 e. The first-order valence-electron chi connectivity index (χ1n) is 14.1. The smallest absolute Gasteiger partial charge is 0.189 e. The molecule has 200 valence electrons. The Morgan fingerprint density at radius 3 is 2.15 bits per heavy atom. The summed E-state index contributed by atoms with van der Waals surface area (Å²) in [7, 11) is 4.13. The molecule has 3 atom stereocenters. The lowest BCUT2D eigenvalue weighted by molar-refractivity contribution is -0.134. The van der Waals surface area contributed by atoms with Crippen LogP contribution in [0.2, 0.25) is 0 Å². The van der Waals surface area contributed by atoms with Gasteiger partial charge in [-0.15, -0.1) is 0 Å². The van der Waals surface area contributed by atoms with Crippen LogP contribution >= 0.6 is 0 Å². The molecule has 40 heavy (non-hydrogen) atoms. The number of hydrogen-bond acceptors (Lipinski definition) is 4. The quantitative estimate of drug-likeness (QED) is 0.293. The van der Waals surface area contributed by atoms with E-state index < -0.39 is 11.0 Å². The van der Waals surface area contributed by atoms with Gasteiger partial charge in [-0.05, 0) is 61.5 Å². The SMILES string of the molecule is Cc1ccc(/C=C2\CN(C)C[C@@]3(C2=O)[C@@H](c2ccc(C)cc2)CN(C)[C@@]32C(=O)c3cccc4cccc2c34)cc1. The Morgan fingerprint density at radius 2 is 1.45 bits per heavy atom. The van der Waals surface area contributed by atoms with Gasteiger partial charge in [-0.2, -0.15) is 0 Å². The van der Waals surface area contributed by atoms with Gasteiger partial charge in [0.1, 0.15) is 5.54 Å². The van der Waals surface area contributed by atoms with Gasteiger partial charge in [0.05, 0.1) is 5.41 Å². The van der Waals surface area contributed by atoms with Crippen molar-refractivity contribution in [2.45, 2.75) is 25.3 Å². The average molecular weight is 527 g/mol. The second-order valence-corrected chi connectivity index (χ2v) is 12.1. The van der Waals surface area contributed by atoms with E-state index >= 15 is 4.79 Å². The van der Waals surface area contributed by atoms with E-state index in [0.717, 1.165) is 38.6 Å². The van der Waals surface area contributed by atoms with Gasteiger partial charge in [-0.25, -0.2) is 0 Å². The van der Waals surface area contributed by atoms with Crippen molar-refractivity contribution in [2.24, 2.45) is 5.41 Å². The van der Waals surface area contributed by atoms with Crippen LogP contribution in [0.4, 0.5) is 0 Å². The summed E-state index contributed by atoms with van der Waals surface area (Å²) in [6.07, 6.45) is 2.05. The number of hydrogen-bond donors (Lipinski definition) is 0. The molecule has 3 aliphatic rings. The Hall–Kier alpha value is -3.86. The van der Waals surface area contributed by atoms with E-state index in [1.54, 1.807) is 0 Å². The fourth-order valence-electron chi connectivity index (χ4n) is 8.04. The number of likely N-dealkylation sites (N-methyl/N-ethyl adjacent to an activating group) is 2. The number of carbonyl (C=O) groups is 2. The highest BCUT2D eigenvalue weighted by molar-refractivity contribution is 6.24. The number of piperidine rings is 1. The lowest BCUT2D eigenvalue weighted by Gasteiger charge is -2.51. The topological polar surface area (TPSA) is 40.6 Å². The van der Waals surface area contributed by atoms with E-state index in [4.69, 9.17) is 0 Å². The van der Waals surface area contributed by atoms with E-state index in [9.17, 15) is 4.79 Å². The molecule has 4 aromatic rings. The molecule has 2 fully saturated rings. The van der Waals surface area contributed by atoms with Crippen molar-refractivity contribution < 1.29 is 9.59 Å². The van der Waals surface area contributed by atoms with Crippen LogP contribution in [-0.4, -0.2) is 55.1 Å². The zero-order valence-corrected chi connectivity index (χ0v) is 23.6. The van der Waals surface area contributed by atoms with Crippen LogP contribution in [0.3, 0.4) is 0 Å². The Kier molecular flexibility index (Phi) is 5.54. The summed E-state index contributed by atoms with van der Waals surface area (Å²) in [5.74, 6) is -0.00251. The van der Waals surface area contributed by atoms with Gasteiger partial charge in [0.15, 0.2) is 11.6 Å². The Balaban J connectivity index is 1.53. The third kappa shape index (κ3) is 3.21. The molecule has 2 spiro atoms. The van der Waals surface area contributed by atoms with E-state index in [2.05, 4.69) is 97.4 Å². The fraction of sp³-hybridized carbons (Fsp3) is 0.278. The largest absolute Gasteiger partial charge is 0.301 e. The number of ketones is 2. The molecule has 2 heterocycles. The van der Waals surface area contributed by atoms with E-state index in [1.165, 1.54) is 11.1 Å². The van der Waals surface area contributed by atoms with Gasteiger partial charge < -0.3 is 4.90 Å². The summed E-state index contributed by atoms with van der Waals surface area (Å²) in [6.45, 7) is 5.84. The van der Waals surface area contributed by atoms with Crippen molar-refractivity contribution in [3.63, 3.8) is 0 Å². The molecule has 0 amide bonds. The maximum atomic E-state index is 15.3. The Labute approximate surface area is 235 Å². The van der Waals surface area contributed by atoms with Crippen molar-refractivity contribution in [1.82, 2.24) is 9.80 Å². The number of nitrogens with zero attached hydrogens (tertiary/aromatic N) is 2. The van der Waals surface area contributed by atoms with E-state index in [0.29, 0.717) is 19.6 Å². The highest BCUT2D eigenvalue weighted by Gasteiger charge is 2.74. The van der Waals surface area contributed by atoms with Crippen LogP contribution in [-0.2, 0) is 10.3 Å². The summed E-state index contributed by atoms with van der Waals surface area (Å²) >= 11 is 0. The number of fused-ring (bicyclic) bond motifs is 2. The highest BCUT2D eigenvalue weighted by Crippen LogP contribution is 2.65. The zero-order valence-electron chi connectivity index (χ0n) is 23.6. The third-order valence-corrected chi connectivity index (χ3v) is 9.69. The highest BCUT2D eigenvalue weighted by atomic mass is 16.1. The third-order valence-electron chi connectivity index (χ3n) is 9.69.